The average Bonchev–Trinajstić information content (AvgIpc) is 2.75. The van der Waals surface area contributed by atoms with E-state index in [1.165, 1.54) is 12.8 Å². The van der Waals surface area contributed by atoms with Crippen molar-refractivity contribution >= 4 is 0 Å². The van der Waals surface area contributed by atoms with Crippen LogP contribution < -0.4 is 5.32 Å². The van der Waals surface area contributed by atoms with Gasteiger partial charge in [-0.3, -0.25) is 0 Å². The second kappa shape index (κ2) is 5.23. The van der Waals surface area contributed by atoms with Gasteiger partial charge >= 0.3 is 0 Å². The van der Waals surface area contributed by atoms with Gasteiger partial charge in [0.2, 0.25) is 0 Å². The van der Waals surface area contributed by atoms with Crippen LogP contribution in [0.5, 0.6) is 0 Å². The van der Waals surface area contributed by atoms with E-state index in [9.17, 15) is 0 Å². The molecule has 1 aromatic heterocycles. The summed E-state index contributed by atoms with van der Waals surface area (Å²) >= 11 is 0. The highest BCUT2D eigenvalue weighted by Crippen LogP contribution is 2.20. The lowest BCUT2D eigenvalue weighted by Gasteiger charge is -2.22. The van der Waals surface area contributed by atoms with Gasteiger partial charge in [0.05, 0.1) is 12.6 Å². The van der Waals surface area contributed by atoms with E-state index in [4.69, 9.17) is 4.74 Å². The second-order valence-corrected chi connectivity index (χ2v) is 3.88. The predicted molar refractivity (Wildman–Crippen MR) is 56.5 cm³/mol. The third-order valence-electron chi connectivity index (χ3n) is 2.80. The van der Waals surface area contributed by atoms with Crippen LogP contribution in [-0.4, -0.2) is 35.0 Å². The monoisotopic (exact) mass is 210 g/mol. The van der Waals surface area contributed by atoms with Gasteiger partial charge in [-0.2, -0.15) is 0 Å². The Balaban J connectivity index is 2.02. The zero-order chi connectivity index (χ0) is 10.5. The third kappa shape index (κ3) is 2.54. The molecule has 1 saturated heterocycles. The summed E-state index contributed by atoms with van der Waals surface area (Å²) in [5.74, 6) is 1.05. The van der Waals surface area contributed by atoms with Crippen LogP contribution in [-0.2, 0) is 11.3 Å². The summed E-state index contributed by atoms with van der Waals surface area (Å²) in [5, 5.41) is 11.6. The van der Waals surface area contributed by atoms with Crippen molar-refractivity contribution in [3.63, 3.8) is 0 Å². The highest BCUT2D eigenvalue weighted by atomic mass is 16.5. The number of nitrogens with one attached hydrogen (secondary N) is 1. The van der Waals surface area contributed by atoms with E-state index in [2.05, 4.69) is 20.1 Å². The van der Waals surface area contributed by atoms with Crippen LogP contribution in [0.3, 0.4) is 0 Å². The van der Waals surface area contributed by atoms with Gasteiger partial charge < -0.3 is 14.6 Å². The summed E-state index contributed by atoms with van der Waals surface area (Å²) in [4.78, 5) is 0. The molecule has 0 radical (unpaired) electrons. The van der Waals surface area contributed by atoms with Gasteiger partial charge in [-0.25, -0.2) is 0 Å². The number of ether oxygens (including phenoxy) is 1. The molecule has 1 aliphatic rings. The van der Waals surface area contributed by atoms with Crippen LogP contribution in [0.4, 0.5) is 0 Å². The number of aromatic nitrogens is 3. The first kappa shape index (κ1) is 10.6. The molecule has 1 atom stereocenters. The van der Waals surface area contributed by atoms with E-state index < -0.39 is 0 Å². The van der Waals surface area contributed by atoms with Gasteiger partial charge in [-0.05, 0) is 19.4 Å². The van der Waals surface area contributed by atoms with Crippen molar-refractivity contribution in [1.82, 2.24) is 20.1 Å². The van der Waals surface area contributed by atoms with Crippen LogP contribution in [0.1, 0.15) is 31.1 Å². The van der Waals surface area contributed by atoms with Gasteiger partial charge in [0.25, 0.3) is 0 Å². The van der Waals surface area contributed by atoms with Gasteiger partial charge in [0, 0.05) is 13.7 Å². The van der Waals surface area contributed by atoms with E-state index >= 15 is 0 Å². The van der Waals surface area contributed by atoms with Gasteiger partial charge in [0.1, 0.15) is 12.2 Å². The topological polar surface area (TPSA) is 52.0 Å². The minimum absolute atomic E-state index is 0.373. The summed E-state index contributed by atoms with van der Waals surface area (Å²) in [6.45, 7) is 2.62. The van der Waals surface area contributed by atoms with Crippen molar-refractivity contribution in [3.8, 4) is 0 Å². The molecule has 0 spiro atoms. The number of piperidine rings is 1. The molecule has 84 valence electrons. The Kier molecular flexibility index (Phi) is 3.69. The molecule has 5 heteroatoms. The van der Waals surface area contributed by atoms with Crippen molar-refractivity contribution in [2.45, 2.75) is 31.8 Å². The molecule has 0 bridgehead atoms. The lowest BCUT2D eigenvalue weighted by atomic mass is 10.0. The van der Waals surface area contributed by atoms with E-state index in [0.717, 1.165) is 25.3 Å². The van der Waals surface area contributed by atoms with E-state index in [1.54, 1.807) is 13.4 Å². The third-order valence-corrected chi connectivity index (χ3v) is 2.80. The largest absolute Gasteiger partial charge is 0.383 e. The van der Waals surface area contributed by atoms with Crippen LogP contribution in [0, 0.1) is 0 Å². The summed E-state index contributed by atoms with van der Waals surface area (Å²) in [5.41, 5.74) is 0. The quantitative estimate of drug-likeness (QED) is 0.796. The highest BCUT2D eigenvalue weighted by molar-refractivity contribution is 4.96. The van der Waals surface area contributed by atoms with Crippen LogP contribution in [0.15, 0.2) is 6.33 Å². The zero-order valence-corrected chi connectivity index (χ0v) is 9.15. The Morgan fingerprint density at radius 1 is 1.60 bits per heavy atom. The number of nitrogens with zero attached hydrogens (tertiary/aromatic N) is 3. The molecule has 1 aromatic rings. The normalized spacial score (nSPS) is 21.8. The number of methoxy groups -OCH3 is 1. The molecule has 5 nitrogen and oxygen atoms in total. The summed E-state index contributed by atoms with van der Waals surface area (Å²) < 4.78 is 7.14. The molecule has 0 unspecified atom stereocenters. The van der Waals surface area contributed by atoms with Crippen molar-refractivity contribution in [2.24, 2.45) is 0 Å². The minimum Gasteiger partial charge on any atom is -0.383 e. The van der Waals surface area contributed by atoms with Crippen LogP contribution in [0.2, 0.25) is 0 Å². The van der Waals surface area contributed by atoms with Gasteiger partial charge in [-0.15, -0.1) is 10.2 Å². The fourth-order valence-electron chi connectivity index (χ4n) is 1.97. The van der Waals surface area contributed by atoms with Crippen molar-refractivity contribution in [2.75, 3.05) is 20.3 Å². The molecule has 0 saturated carbocycles. The van der Waals surface area contributed by atoms with Crippen LogP contribution in [0.25, 0.3) is 0 Å². The number of hydrogen-bond donors (Lipinski definition) is 1. The predicted octanol–water partition coefficient (Wildman–Crippen LogP) is 0.739. The molecular weight excluding hydrogens is 192 g/mol. The lowest BCUT2D eigenvalue weighted by molar-refractivity contribution is 0.185. The van der Waals surface area contributed by atoms with Gasteiger partial charge in [-0.1, -0.05) is 6.42 Å². The Hall–Kier alpha value is -0.940. The Bertz CT molecular complexity index is 293. The molecule has 0 amide bonds. The SMILES string of the molecule is COCCn1cnnc1[C@H]1CCCCN1. The Labute approximate surface area is 89.8 Å². The van der Waals surface area contributed by atoms with E-state index in [1.807, 2.05) is 0 Å². The van der Waals surface area contributed by atoms with E-state index in [-0.39, 0.29) is 0 Å². The second-order valence-electron chi connectivity index (χ2n) is 3.88. The fraction of sp³-hybridized carbons (Fsp3) is 0.800. The Morgan fingerprint density at radius 2 is 2.53 bits per heavy atom. The maximum atomic E-state index is 5.06. The first-order valence-corrected chi connectivity index (χ1v) is 5.52. The zero-order valence-electron chi connectivity index (χ0n) is 9.15. The minimum atomic E-state index is 0.373. The lowest BCUT2D eigenvalue weighted by Crippen LogP contribution is -2.29. The highest BCUT2D eigenvalue weighted by Gasteiger charge is 2.19. The molecule has 2 heterocycles. The van der Waals surface area contributed by atoms with Crippen molar-refractivity contribution in [1.29, 1.82) is 0 Å². The Morgan fingerprint density at radius 3 is 3.27 bits per heavy atom. The molecule has 0 aliphatic carbocycles. The molecule has 15 heavy (non-hydrogen) atoms. The summed E-state index contributed by atoms with van der Waals surface area (Å²) in [6.07, 6.45) is 5.48. The van der Waals surface area contributed by atoms with Gasteiger partial charge in [0.15, 0.2) is 0 Å². The smallest absolute Gasteiger partial charge is 0.150 e. The number of hydrogen-bond acceptors (Lipinski definition) is 4. The molecule has 1 fully saturated rings. The molecule has 2 rings (SSSR count). The fourth-order valence-corrected chi connectivity index (χ4v) is 1.97. The summed E-state index contributed by atoms with van der Waals surface area (Å²) in [6, 6.07) is 0.373. The number of rotatable bonds is 4. The molecule has 1 aliphatic heterocycles. The molecule has 0 aromatic carbocycles. The molecule has 1 N–H and O–H groups in total. The summed E-state index contributed by atoms with van der Waals surface area (Å²) in [7, 11) is 1.71. The average molecular weight is 210 g/mol. The first-order valence-electron chi connectivity index (χ1n) is 5.52. The van der Waals surface area contributed by atoms with E-state index in [0.29, 0.717) is 12.6 Å². The standard InChI is InChI=1S/C10H18N4O/c1-15-7-6-14-8-12-13-10(14)9-4-2-3-5-11-9/h8-9,11H,2-7H2,1H3/t9-/m1/s1. The molecular formula is C10H18N4O. The maximum Gasteiger partial charge on any atom is 0.150 e. The first-order chi connectivity index (χ1) is 7.42. The van der Waals surface area contributed by atoms with Crippen molar-refractivity contribution < 1.29 is 4.74 Å². The van der Waals surface area contributed by atoms with Crippen molar-refractivity contribution in [3.05, 3.63) is 12.2 Å². The maximum absolute atomic E-state index is 5.06. The van der Waals surface area contributed by atoms with Crippen LogP contribution >= 0.6 is 0 Å².